The maximum absolute atomic E-state index is 4.36. The second-order valence-electron chi connectivity index (χ2n) is 4.71. The van der Waals surface area contributed by atoms with E-state index in [1.807, 2.05) is 18.3 Å². The first-order valence-electron chi connectivity index (χ1n) is 6.43. The van der Waals surface area contributed by atoms with Gasteiger partial charge in [-0.25, -0.2) is 0 Å². The minimum absolute atomic E-state index is 0.819. The summed E-state index contributed by atoms with van der Waals surface area (Å²) < 4.78 is 0. The molecule has 0 aliphatic rings. The summed E-state index contributed by atoms with van der Waals surface area (Å²) in [4.78, 5) is 6.58. The highest BCUT2D eigenvalue weighted by atomic mass is 15.1. The summed E-state index contributed by atoms with van der Waals surface area (Å²) in [5, 5.41) is 2.55. The van der Waals surface area contributed by atoms with Gasteiger partial charge in [0.05, 0.1) is 12.2 Å². The molecule has 0 saturated carbocycles. The monoisotopic (exact) mass is 248 g/mol. The molecule has 94 valence electrons. The van der Waals surface area contributed by atoms with Crippen molar-refractivity contribution in [3.63, 3.8) is 0 Å². The molecular formula is C17H16N2. The van der Waals surface area contributed by atoms with Crippen LogP contribution in [0.4, 0.5) is 5.69 Å². The molecule has 0 spiro atoms. The van der Waals surface area contributed by atoms with E-state index >= 15 is 0 Å². The number of benzene rings is 2. The molecule has 0 aliphatic carbocycles. The second-order valence-corrected chi connectivity index (χ2v) is 4.71. The Labute approximate surface area is 113 Å². The van der Waals surface area contributed by atoms with Gasteiger partial charge >= 0.3 is 0 Å². The van der Waals surface area contributed by atoms with Crippen LogP contribution < -0.4 is 4.90 Å². The number of hydrogen-bond donors (Lipinski definition) is 0. The third-order valence-electron chi connectivity index (χ3n) is 3.30. The number of rotatable bonds is 3. The van der Waals surface area contributed by atoms with Crippen molar-refractivity contribution in [3.05, 3.63) is 72.6 Å². The van der Waals surface area contributed by atoms with Gasteiger partial charge in [-0.15, -0.1) is 0 Å². The van der Waals surface area contributed by atoms with Gasteiger partial charge in [-0.3, -0.25) is 4.98 Å². The first kappa shape index (κ1) is 11.7. The smallest absolute Gasteiger partial charge is 0.0598 e. The molecule has 2 nitrogen and oxygen atoms in total. The molecule has 0 radical (unpaired) electrons. The van der Waals surface area contributed by atoms with Gasteiger partial charge in [-0.2, -0.15) is 0 Å². The van der Waals surface area contributed by atoms with E-state index in [0.717, 1.165) is 12.2 Å². The molecule has 0 aliphatic heterocycles. The van der Waals surface area contributed by atoms with Crippen molar-refractivity contribution in [1.82, 2.24) is 4.98 Å². The van der Waals surface area contributed by atoms with Gasteiger partial charge in [-0.05, 0) is 35.0 Å². The summed E-state index contributed by atoms with van der Waals surface area (Å²) >= 11 is 0. The van der Waals surface area contributed by atoms with Gasteiger partial charge in [0.1, 0.15) is 0 Å². The van der Waals surface area contributed by atoms with Crippen molar-refractivity contribution in [1.29, 1.82) is 0 Å². The Morgan fingerprint density at radius 1 is 0.895 bits per heavy atom. The van der Waals surface area contributed by atoms with Crippen LogP contribution in [-0.4, -0.2) is 12.0 Å². The quantitative estimate of drug-likeness (QED) is 0.699. The molecule has 2 heteroatoms. The fourth-order valence-corrected chi connectivity index (χ4v) is 2.24. The molecule has 3 rings (SSSR count). The Hall–Kier alpha value is -2.35. The molecule has 0 amide bonds. The van der Waals surface area contributed by atoms with E-state index in [0.29, 0.717) is 0 Å². The van der Waals surface area contributed by atoms with Gasteiger partial charge in [0.2, 0.25) is 0 Å². The Morgan fingerprint density at radius 2 is 1.68 bits per heavy atom. The molecule has 2 aromatic carbocycles. The van der Waals surface area contributed by atoms with Crippen LogP contribution >= 0.6 is 0 Å². The predicted octanol–water partition coefficient (Wildman–Crippen LogP) is 3.87. The zero-order valence-corrected chi connectivity index (χ0v) is 11.0. The first-order valence-corrected chi connectivity index (χ1v) is 6.43. The lowest BCUT2D eigenvalue weighted by Crippen LogP contribution is -2.16. The number of nitrogens with zero attached hydrogens (tertiary/aromatic N) is 2. The van der Waals surface area contributed by atoms with Gasteiger partial charge in [0, 0.05) is 18.9 Å². The molecule has 19 heavy (non-hydrogen) atoms. The normalized spacial score (nSPS) is 10.6. The third kappa shape index (κ3) is 2.58. The minimum atomic E-state index is 0.819. The lowest BCUT2D eigenvalue weighted by atomic mass is 10.1. The van der Waals surface area contributed by atoms with E-state index < -0.39 is 0 Å². The van der Waals surface area contributed by atoms with Crippen molar-refractivity contribution in [2.24, 2.45) is 0 Å². The Morgan fingerprint density at radius 3 is 2.47 bits per heavy atom. The SMILES string of the molecule is CN(Cc1ccccn1)c1ccc2ccccc2c1. The van der Waals surface area contributed by atoms with Crippen LogP contribution in [0.1, 0.15) is 5.69 Å². The number of pyridine rings is 1. The van der Waals surface area contributed by atoms with Crippen molar-refractivity contribution in [2.75, 3.05) is 11.9 Å². The molecule has 0 bridgehead atoms. The zero-order valence-electron chi connectivity index (χ0n) is 11.0. The summed E-state index contributed by atoms with van der Waals surface area (Å²) in [6, 6.07) is 21.0. The lowest BCUT2D eigenvalue weighted by Gasteiger charge is -2.19. The van der Waals surface area contributed by atoms with Gasteiger partial charge < -0.3 is 4.90 Å². The highest BCUT2D eigenvalue weighted by Crippen LogP contribution is 2.22. The topological polar surface area (TPSA) is 16.1 Å². The largest absolute Gasteiger partial charge is 0.369 e. The van der Waals surface area contributed by atoms with E-state index in [4.69, 9.17) is 0 Å². The average Bonchev–Trinajstić information content (AvgIpc) is 2.48. The fraction of sp³-hybridized carbons (Fsp3) is 0.118. The highest BCUT2D eigenvalue weighted by molar-refractivity contribution is 5.85. The molecule has 0 fully saturated rings. The van der Waals surface area contributed by atoms with Gasteiger partial charge in [0.25, 0.3) is 0 Å². The van der Waals surface area contributed by atoms with E-state index in [2.05, 4.69) is 65.5 Å². The third-order valence-corrected chi connectivity index (χ3v) is 3.30. The maximum atomic E-state index is 4.36. The summed E-state index contributed by atoms with van der Waals surface area (Å²) in [5.41, 5.74) is 2.29. The summed E-state index contributed by atoms with van der Waals surface area (Å²) in [7, 11) is 2.10. The summed E-state index contributed by atoms with van der Waals surface area (Å²) in [5.74, 6) is 0. The molecule has 1 aromatic heterocycles. The highest BCUT2D eigenvalue weighted by Gasteiger charge is 2.03. The lowest BCUT2D eigenvalue weighted by molar-refractivity contribution is 0.886. The number of aromatic nitrogens is 1. The van der Waals surface area contributed by atoms with Gasteiger partial charge in [-0.1, -0.05) is 36.4 Å². The number of anilines is 1. The number of hydrogen-bond acceptors (Lipinski definition) is 2. The van der Waals surface area contributed by atoms with Crippen LogP contribution in [0.15, 0.2) is 66.9 Å². The maximum Gasteiger partial charge on any atom is 0.0598 e. The zero-order chi connectivity index (χ0) is 13.1. The predicted molar refractivity (Wildman–Crippen MR) is 80.3 cm³/mol. The van der Waals surface area contributed by atoms with Crippen LogP contribution in [0.3, 0.4) is 0 Å². The molecule has 0 unspecified atom stereocenters. The first-order chi connectivity index (χ1) is 9.33. The van der Waals surface area contributed by atoms with E-state index in [1.54, 1.807) is 0 Å². The molecule has 0 saturated heterocycles. The van der Waals surface area contributed by atoms with Crippen LogP contribution in [-0.2, 0) is 6.54 Å². The fourth-order valence-electron chi connectivity index (χ4n) is 2.24. The van der Waals surface area contributed by atoms with Crippen LogP contribution in [0, 0.1) is 0 Å². The van der Waals surface area contributed by atoms with Crippen LogP contribution in [0.5, 0.6) is 0 Å². The van der Waals surface area contributed by atoms with E-state index in [9.17, 15) is 0 Å². The standard InChI is InChI=1S/C17H16N2/c1-19(13-16-8-4-5-11-18-16)17-10-9-14-6-2-3-7-15(14)12-17/h2-12H,13H2,1H3. The molecular weight excluding hydrogens is 232 g/mol. The van der Waals surface area contributed by atoms with E-state index in [-0.39, 0.29) is 0 Å². The Bertz CT molecular complexity index is 677. The second kappa shape index (κ2) is 5.11. The Balaban J connectivity index is 1.87. The Kier molecular flexibility index (Phi) is 3.15. The van der Waals surface area contributed by atoms with Crippen molar-refractivity contribution in [3.8, 4) is 0 Å². The molecule has 0 N–H and O–H groups in total. The van der Waals surface area contributed by atoms with Crippen molar-refractivity contribution in [2.45, 2.75) is 6.54 Å². The summed E-state index contributed by atoms with van der Waals surface area (Å²) in [6.07, 6.45) is 1.84. The molecule has 3 aromatic rings. The average molecular weight is 248 g/mol. The van der Waals surface area contributed by atoms with E-state index in [1.165, 1.54) is 16.5 Å². The van der Waals surface area contributed by atoms with Crippen molar-refractivity contribution >= 4 is 16.5 Å². The molecule has 0 atom stereocenters. The van der Waals surface area contributed by atoms with Gasteiger partial charge in [0.15, 0.2) is 0 Å². The van der Waals surface area contributed by atoms with Crippen molar-refractivity contribution < 1.29 is 0 Å². The minimum Gasteiger partial charge on any atom is -0.369 e. The molecule has 1 heterocycles. The van der Waals surface area contributed by atoms with Crippen LogP contribution in [0.2, 0.25) is 0 Å². The van der Waals surface area contributed by atoms with Crippen LogP contribution in [0.25, 0.3) is 10.8 Å². The summed E-state index contributed by atoms with van der Waals surface area (Å²) in [6.45, 7) is 0.819. The number of fused-ring (bicyclic) bond motifs is 1.